The van der Waals surface area contributed by atoms with Gasteiger partial charge < -0.3 is 10.2 Å². The molecule has 0 saturated carbocycles. The molecule has 1 aromatic carbocycles. The van der Waals surface area contributed by atoms with Crippen molar-refractivity contribution in [2.45, 2.75) is 13.0 Å². The fourth-order valence-electron chi connectivity index (χ4n) is 2.29. The lowest BCUT2D eigenvalue weighted by atomic mass is 10.1. The Morgan fingerprint density at radius 3 is 2.67 bits per heavy atom. The van der Waals surface area contributed by atoms with E-state index in [9.17, 15) is 14.4 Å². The summed E-state index contributed by atoms with van der Waals surface area (Å²) in [6.45, 7) is 1.43. The molecule has 1 aliphatic heterocycles. The number of thioether (sulfide) groups is 1. The smallest absolute Gasteiger partial charge is 0.255 e. The molecule has 1 aromatic heterocycles. The van der Waals surface area contributed by atoms with Crippen LogP contribution in [-0.2, 0) is 4.79 Å². The maximum absolute atomic E-state index is 12.6. The molecule has 1 aliphatic rings. The van der Waals surface area contributed by atoms with Gasteiger partial charge >= 0.3 is 0 Å². The first-order chi connectivity index (χ1) is 11.6. The standard InChI is InChI=1S/C16H15N3O3S2/c1-10(20)12-7-24-16(17-12)18-14(21)13-8-23-9-19(13)15(22)11-5-3-2-4-6-11/h2-7,13H,8-9H2,1H3,(H,17,18,21)/t13-/m0/s1. The van der Waals surface area contributed by atoms with Gasteiger partial charge in [0.1, 0.15) is 11.7 Å². The van der Waals surface area contributed by atoms with Crippen LogP contribution in [0.15, 0.2) is 35.7 Å². The topological polar surface area (TPSA) is 79.4 Å². The highest BCUT2D eigenvalue weighted by Crippen LogP contribution is 2.25. The zero-order valence-electron chi connectivity index (χ0n) is 12.9. The number of amides is 2. The number of aromatic nitrogens is 1. The Kier molecular flexibility index (Phi) is 4.96. The van der Waals surface area contributed by atoms with Crippen molar-refractivity contribution in [1.29, 1.82) is 0 Å². The molecule has 2 heterocycles. The van der Waals surface area contributed by atoms with E-state index >= 15 is 0 Å². The van der Waals surface area contributed by atoms with Crippen molar-refractivity contribution < 1.29 is 14.4 Å². The highest BCUT2D eigenvalue weighted by molar-refractivity contribution is 7.99. The summed E-state index contributed by atoms with van der Waals surface area (Å²) in [7, 11) is 0. The van der Waals surface area contributed by atoms with Crippen LogP contribution in [0.2, 0.25) is 0 Å². The van der Waals surface area contributed by atoms with E-state index in [1.54, 1.807) is 34.5 Å². The molecule has 2 aromatic rings. The van der Waals surface area contributed by atoms with E-state index < -0.39 is 6.04 Å². The monoisotopic (exact) mass is 361 g/mol. The van der Waals surface area contributed by atoms with Gasteiger partial charge in [0.05, 0.1) is 5.88 Å². The first-order valence-electron chi connectivity index (χ1n) is 7.27. The van der Waals surface area contributed by atoms with Gasteiger partial charge in [0, 0.05) is 23.6 Å². The molecule has 0 unspecified atom stereocenters. The minimum Gasteiger partial charge on any atom is -0.316 e. The van der Waals surface area contributed by atoms with Gasteiger partial charge in [-0.25, -0.2) is 4.98 Å². The summed E-state index contributed by atoms with van der Waals surface area (Å²) in [6.07, 6.45) is 0. The number of Topliss-reactive ketones (excluding diaryl/α,β-unsaturated/α-hetero) is 1. The van der Waals surface area contributed by atoms with Crippen molar-refractivity contribution in [1.82, 2.24) is 9.88 Å². The average molecular weight is 361 g/mol. The number of carbonyl (C=O) groups is 3. The number of benzene rings is 1. The number of rotatable bonds is 4. The van der Waals surface area contributed by atoms with E-state index in [2.05, 4.69) is 10.3 Å². The normalized spacial score (nSPS) is 16.9. The van der Waals surface area contributed by atoms with E-state index in [4.69, 9.17) is 0 Å². The largest absolute Gasteiger partial charge is 0.316 e. The number of nitrogens with one attached hydrogen (secondary N) is 1. The van der Waals surface area contributed by atoms with E-state index in [-0.39, 0.29) is 17.6 Å². The molecule has 0 spiro atoms. The highest BCUT2D eigenvalue weighted by atomic mass is 32.2. The van der Waals surface area contributed by atoms with Crippen LogP contribution in [0, 0.1) is 0 Å². The molecule has 2 amide bonds. The molecule has 1 saturated heterocycles. The Balaban J connectivity index is 1.71. The van der Waals surface area contributed by atoms with Crippen LogP contribution in [0.3, 0.4) is 0 Å². The van der Waals surface area contributed by atoms with Crippen molar-refractivity contribution in [2.24, 2.45) is 0 Å². The minimum absolute atomic E-state index is 0.149. The van der Waals surface area contributed by atoms with Crippen LogP contribution in [0.4, 0.5) is 5.13 Å². The Bertz CT molecular complexity index is 776. The van der Waals surface area contributed by atoms with Crippen LogP contribution < -0.4 is 5.32 Å². The zero-order valence-corrected chi connectivity index (χ0v) is 14.5. The third kappa shape index (κ3) is 3.49. The number of ketones is 1. The van der Waals surface area contributed by atoms with Gasteiger partial charge in [-0.15, -0.1) is 23.1 Å². The molecular weight excluding hydrogens is 346 g/mol. The number of thiazole rings is 1. The quantitative estimate of drug-likeness (QED) is 0.847. The molecule has 3 rings (SSSR count). The van der Waals surface area contributed by atoms with Gasteiger partial charge in [-0.2, -0.15) is 0 Å². The van der Waals surface area contributed by atoms with Gasteiger partial charge in [0.25, 0.3) is 5.91 Å². The Labute approximate surface area is 147 Å². The van der Waals surface area contributed by atoms with Crippen molar-refractivity contribution in [3.05, 3.63) is 47.0 Å². The minimum atomic E-state index is -0.549. The molecular formula is C16H15N3O3S2. The van der Waals surface area contributed by atoms with E-state index in [0.29, 0.717) is 28.0 Å². The molecule has 1 N–H and O–H groups in total. The fourth-order valence-corrected chi connectivity index (χ4v) is 4.19. The highest BCUT2D eigenvalue weighted by Gasteiger charge is 2.35. The van der Waals surface area contributed by atoms with Crippen molar-refractivity contribution in [2.75, 3.05) is 16.9 Å². The van der Waals surface area contributed by atoms with Gasteiger partial charge in [0.15, 0.2) is 10.9 Å². The van der Waals surface area contributed by atoms with Crippen LogP contribution in [0.5, 0.6) is 0 Å². The molecule has 0 radical (unpaired) electrons. The van der Waals surface area contributed by atoms with Gasteiger partial charge in [-0.1, -0.05) is 18.2 Å². The Morgan fingerprint density at radius 2 is 2.00 bits per heavy atom. The zero-order chi connectivity index (χ0) is 17.1. The average Bonchev–Trinajstić information content (AvgIpc) is 3.24. The second kappa shape index (κ2) is 7.14. The van der Waals surface area contributed by atoms with Gasteiger partial charge in [-0.05, 0) is 12.1 Å². The predicted octanol–water partition coefficient (Wildman–Crippen LogP) is 2.50. The number of nitrogens with zero attached hydrogens (tertiary/aromatic N) is 2. The molecule has 24 heavy (non-hydrogen) atoms. The SMILES string of the molecule is CC(=O)c1csc(NC(=O)[C@@H]2CSCN2C(=O)c2ccccc2)n1. The lowest BCUT2D eigenvalue weighted by molar-refractivity contribution is -0.119. The molecule has 1 atom stereocenters. The van der Waals surface area contributed by atoms with Gasteiger partial charge in [-0.3, -0.25) is 14.4 Å². The second-order valence-electron chi connectivity index (χ2n) is 5.24. The Hall–Kier alpha value is -2.19. The lowest BCUT2D eigenvalue weighted by Gasteiger charge is -2.22. The first-order valence-corrected chi connectivity index (χ1v) is 9.31. The molecule has 6 nitrogen and oxygen atoms in total. The molecule has 1 fully saturated rings. The summed E-state index contributed by atoms with van der Waals surface area (Å²) >= 11 is 2.73. The summed E-state index contributed by atoms with van der Waals surface area (Å²) in [5.74, 6) is 0.416. The van der Waals surface area contributed by atoms with Crippen molar-refractivity contribution >= 4 is 45.8 Å². The summed E-state index contributed by atoms with van der Waals surface area (Å²) in [5, 5.41) is 4.68. The maximum Gasteiger partial charge on any atom is 0.255 e. The van der Waals surface area contributed by atoms with Crippen molar-refractivity contribution in [3.8, 4) is 0 Å². The van der Waals surface area contributed by atoms with Crippen LogP contribution in [0.1, 0.15) is 27.8 Å². The van der Waals surface area contributed by atoms with E-state index in [1.807, 2.05) is 6.07 Å². The summed E-state index contributed by atoms with van der Waals surface area (Å²) in [4.78, 5) is 42.0. The summed E-state index contributed by atoms with van der Waals surface area (Å²) in [5.41, 5.74) is 0.888. The maximum atomic E-state index is 12.6. The third-order valence-corrected chi connectivity index (χ3v) is 5.33. The molecule has 8 heteroatoms. The van der Waals surface area contributed by atoms with Gasteiger partial charge in [0.2, 0.25) is 5.91 Å². The fraction of sp³-hybridized carbons (Fsp3) is 0.250. The van der Waals surface area contributed by atoms with E-state index in [1.165, 1.54) is 30.0 Å². The van der Waals surface area contributed by atoms with Crippen molar-refractivity contribution in [3.63, 3.8) is 0 Å². The Morgan fingerprint density at radius 1 is 1.25 bits per heavy atom. The van der Waals surface area contributed by atoms with Crippen LogP contribution >= 0.6 is 23.1 Å². The molecule has 0 bridgehead atoms. The second-order valence-corrected chi connectivity index (χ2v) is 7.10. The number of carbonyl (C=O) groups excluding carboxylic acids is 3. The van der Waals surface area contributed by atoms with E-state index in [0.717, 1.165) is 0 Å². The van der Waals surface area contributed by atoms with Crippen LogP contribution in [-0.4, -0.2) is 45.2 Å². The predicted molar refractivity (Wildman–Crippen MR) is 94.5 cm³/mol. The number of anilines is 1. The molecule has 124 valence electrons. The first kappa shape index (κ1) is 16.7. The summed E-state index contributed by atoms with van der Waals surface area (Å²) < 4.78 is 0. The number of hydrogen-bond donors (Lipinski definition) is 1. The third-order valence-electron chi connectivity index (χ3n) is 3.56. The number of hydrogen-bond acceptors (Lipinski definition) is 6. The van der Waals surface area contributed by atoms with Crippen LogP contribution in [0.25, 0.3) is 0 Å². The molecule has 0 aliphatic carbocycles. The summed E-state index contributed by atoms with van der Waals surface area (Å²) in [6, 6.07) is 8.36. The lowest BCUT2D eigenvalue weighted by Crippen LogP contribution is -2.44.